The molecule has 3 saturated heterocycles. The second-order valence-electron chi connectivity index (χ2n) is 11.9. The predicted molar refractivity (Wildman–Crippen MR) is 155 cm³/mol. The fraction of sp³-hybridized carbons (Fsp3) is 0.586. The zero-order chi connectivity index (χ0) is 29.3. The lowest BCUT2D eigenvalue weighted by Crippen LogP contribution is -2.63. The molecule has 0 spiro atoms. The molecule has 1 amide bonds. The van der Waals surface area contributed by atoms with E-state index in [4.69, 9.17) is 19.9 Å². The second-order valence-corrected chi connectivity index (χ2v) is 11.9. The number of aromatic nitrogens is 4. The van der Waals surface area contributed by atoms with Crippen molar-refractivity contribution >= 4 is 23.1 Å². The number of amides is 1. The van der Waals surface area contributed by atoms with Crippen molar-refractivity contribution in [2.75, 3.05) is 32.5 Å². The highest BCUT2D eigenvalue weighted by molar-refractivity contribution is 5.82. The van der Waals surface area contributed by atoms with Crippen LogP contribution in [0.25, 0.3) is 11.2 Å². The number of unbranched alkanes of at least 4 members (excludes halogenated alkanes) is 1. The van der Waals surface area contributed by atoms with E-state index in [0.717, 1.165) is 49.9 Å². The van der Waals surface area contributed by atoms with Gasteiger partial charge >= 0.3 is 17.8 Å². The molecular weight excluding hydrogens is 526 g/mol. The first kappa shape index (κ1) is 28.7. The van der Waals surface area contributed by atoms with Crippen LogP contribution in [0.2, 0.25) is 0 Å². The lowest BCUT2D eigenvalue weighted by molar-refractivity contribution is -0.0436. The summed E-state index contributed by atoms with van der Waals surface area (Å²) < 4.78 is 18.6. The highest BCUT2D eigenvalue weighted by Gasteiger charge is 2.42. The largest absolute Gasteiger partial charge is 0.496 e. The third-order valence-electron chi connectivity index (χ3n) is 7.70. The summed E-state index contributed by atoms with van der Waals surface area (Å²) >= 11 is 0. The molecule has 41 heavy (non-hydrogen) atoms. The molecule has 5 heterocycles. The van der Waals surface area contributed by atoms with E-state index in [-0.39, 0.29) is 42.2 Å². The number of imidazole rings is 1. The molecule has 3 aliphatic heterocycles. The van der Waals surface area contributed by atoms with Crippen LogP contribution in [0.5, 0.6) is 11.8 Å². The van der Waals surface area contributed by atoms with E-state index >= 15 is 0 Å². The molecule has 2 aromatic heterocycles. The SMILES string of the molecule is CCCCOc1nc(N)c2[nH]c(=O)n(Cc3ccc(CN4C[C@@H]5CC[C@@H]4CN5C(=O)OC(C)(C)C)cc3OC)c2n1. The van der Waals surface area contributed by atoms with Crippen LogP contribution < -0.4 is 20.9 Å². The third kappa shape index (κ3) is 6.27. The Morgan fingerprint density at radius 1 is 1.15 bits per heavy atom. The fourth-order valence-electron chi connectivity index (χ4n) is 5.63. The van der Waals surface area contributed by atoms with E-state index in [1.165, 1.54) is 4.57 Å². The first-order chi connectivity index (χ1) is 19.6. The van der Waals surface area contributed by atoms with Crippen molar-refractivity contribution in [2.24, 2.45) is 0 Å². The maximum absolute atomic E-state index is 12.9. The normalized spacial score (nSPS) is 19.1. The topological polar surface area (TPSA) is 141 Å². The number of anilines is 1. The van der Waals surface area contributed by atoms with Crippen LogP contribution in [0.4, 0.5) is 10.6 Å². The summed E-state index contributed by atoms with van der Waals surface area (Å²) in [4.78, 5) is 41.4. The Morgan fingerprint density at radius 3 is 2.61 bits per heavy atom. The number of nitrogens with two attached hydrogens (primary N) is 1. The smallest absolute Gasteiger partial charge is 0.410 e. The number of rotatable bonds is 9. The summed E-state index contributed by atoms with van der Waals surface area (Å²) in [7, 11) is 1.63. The summed E-state index contributed by atoms with van der Waals surface area (Å²) in [5.74, 6) is 0.850. The molecule has 3 aliphatic rings. The standard InChI is InChI=1S/C29H41N7O5/c1-6-7-12-40-26-32-24(30)23-25(33-26)36(27(37)31-23)15-19-9-8-18(13-22(19)39-5)14-34-16-21-11-10-20(34)17-35(21)28(38)41-29(2,3)4/h8-9,13,20-21H,6-7,10-12,14-17H2,1-5H3,(H,31,37)(H2,30,32,33)/t20-,21+/m1/s1. The number of nitrogen functional groups attached to an aromatic ring is 1. The van der Waals surface area contributed by atoms with Crippen LogP contribution >= 0.6 is 0 Å². The minimum absolute atomic E-state index is 0.148. The molecule has 0 unspecified atom stereocenters. The van der Waals surface area contributed by atoms with Gasteiger partial charge in [0.25, 0.3) is 0 Å². The first-order valence-electron chi connectivity index (χ1n) is 14.3. The average molecular weight is 568 g/mol. The third-order valence-corrected chi connectivity index (χ3v) is 7.70. The van der Waals surface area contributed by atoms with Crippen LogP contribution in [-0.4, -0.2) is 79.9 Å². The van der Waals surface area contributed by atoms with Crippen molar-refractivity contribution in [3.63, 3.8) is 0 Å². The number of methoxy groups -OCH3 is 1. The van der Waals surface area contributed by atoms with Crippen molar-refractivity contribution in [1.29, 1.82) is 0 Å². The predicted octanol–water partition coefficient (Wildman–Crippen LogP) is 3.52. The van der Waals surface area contributed by atoms with E-state index < -0.39 is 5.60 Å². The van der Waals surface area contributed by atoms with Gasteiger partial charge in [-0.1, -0.05) is 25.5 Å². The molecule has 12 heteroatoms. The molecule has 3 N–H and O–H groups in total. The number of nitrogens with one attached hydrogen (secondary N) is 1. The number of aromatic amines is 1. The van der Waals surface area contributed by atoms with Gasteiger partial charge < -0.3 is 29.8 Å². The molecule has 1 aromatic carbocycles. The lowest BCUT2D eigenvalue weighted by atomic mass is 9.90. The second kappa shape index (κ2) is 11.6. The van der Waals surface area contributed by atoms with Gasteiger partial charge in [0.1, 0.15) is 16.9 Å². The van der Waals surface area contributed by atoms with Gasteiger partial charge in [0.05, 0.1) is 20.3 Å². The number of piperidine rings is 2. The Morgan fingerprint density at radius 2 is 1.93 bits per heavy atom. The van der Waals surface area contributed by atoms with Crippen LogP contribution in [0, 0.1) is 0 Å². The van der Waals surface area contributed by atoms with Crippen molar-refractivity contribution in [3.05, 3.63) is 39.8 Å². The van der Waals surface area contributed by atoms with Gasteiger partial charge in [-0.15, -0.1) is 0 Å². The molecular formula is C29H41N7O5. The number of hydrogen-bond acceptors (Lipinski definition) is 9. The first-order valence-corrected chi connectivity index (χ1v) is 14.3. The number of nitrogens with zero attached hydrogens (tertiary/aromatic N) is 5. The Kier molecular flexibility index (Phi) is 8.12. The molecule has 3 aromatic rings. The Balaban J connectivity index is 1.31. The molecule has 0 saturated carbocycles. The fourth-order valence-corrected chi connectivity index (χ4v) is 5.63. The Labute approximate surface area is 239 Å². The number of hydrogen-bond donors (Lipinski definition) is 2. The number of benzene rings is 1. The molecule has 2 atom stereocenters. The Bertz CT molecular complexity index is 1460. The maximum Gasteiger partial charge on any atom is 0.410 e. The number of fused-ring (bicyclic) bond motifs is 4. The van der Waals surface area contributed by atoms with Gasteiger partial charge in [0.15, 0.2) is 11.5 Å². The van der Waals surface area contributed by atoms with Gasteiger partial charge in [-0.2, -0.15) is 9.97 Å². The van der Waals surface area contributed by atoms with Gasteiger partial charge in [-0.3, -0.25) is 9.47 Å². The quantitative estimate of drug-likeness (QED) is 0.372. The number of ether oxygens (including phenoxy) is 3. The van der Waals surface area contributed by atoms with E-state index in [2.05, 4.69) is 32.8 Å². The zero-order valence-electron chi connectivity index (χ0n) is 24.6. The van der Waals surface area contributed by atoms with Gasteiger partial charge in [-0.25, -0.2) is 9.59 Å². The molecule has 0 aliphatic carbocycles. The molecule has 3 fully saturated rings. The van der Waals surface area contributed by atoms with Crippen molar-refractivity contribution in [2.45, 2.75) is 84.2 Å². The summed E-state index contributed by atoms with van der Waals surface area (Å²) in [5.41, 5.74) is 7.97. The number of piperazine rings is 1. The van der Waals surface area contributed by atoms with Gasteiger partial charge in [0.2, 0.25) is 0 Å². The average Bonchev–Trinajstić information content (AvgIpc) is 3.24. The van der Waals surface area contributed by atoms with E-state index in [0.29, 0.717) is 30.1 Å². The van der Waals surface area contributed by atoms with E-state index in [9.17, 15) is 9.59 Å². The summed E-state index contributed by atoms with van der Waals surface area (Å²) in [6.07, 6.45) is 3.66. The van der Waals surface area contributed by atoms with Crippen LogP contribution in [0.3, 0.4) is 0 Å². The Hall–Kier alpha value is -3.80. The van der Waals surface area contributed by atoms with Crippen LogP contribution in [-0.2, 0) is 17.8 Å². The summed E-state index contributed by atoms with van der Waals surface area (Å²) in [5, 5.41) is 0. The molecule has 222 valence electrons. The minimum atomic E-state index is -0.506. The van der Waals surface area contributed by atoms with Crippen LogP contribution in [0.15, 0.2) is 23.0 Å². The number of H-pyrrole nitrogens is 1. The monoisotopic (exact) mass is 567 g/mol. The van der Waals surface area contributed by atoms with Gasteiger partial charge in [-0.05, 0) is 51.7 Å². The van der Waals surface area contributed by atoms with Crippen molar-refractivity contribution in [1.82, 2.24) is 29.3 Å². The molecule has 12 nitrogen and oxygen atoms in total. The number of carbonyl (C=O) groups excluding carboxylic acids is 1. The minimum Gasteiger partial charge on any atom is -0.496 e. The van der Waals surface area contributed by atoms with Crippen LogP contribution in [0.1, 0.15) is 64.5 Å². The molecule has 6 rings (SSSR count). The van der Waals surface area contributed by atoms with Gasteiger partial charge in [0, 0.05) is 37.3 Å². The molecule has 2 bridgehead atoms. The highest BCUT2D eigenvalue weighted by Crippen LogP contribution is 2.32. The zero-order valence-corrected chi connectivity index (χ0v) is 24.6. The summed E-state index contributed by atoms with van der Waals surface area (Å²) in [6, 6.07) is 6.65. The maximum atomic E-state index is 12.9. The lowest BCUT2D eigenvalue weighted by Gasteiger charge is -2.51. The summed E-state index contributed by atoms with van der Waals surface area (Å²) in [6.45, 7) is 10.7. The van der Waals surface area contributed by atoms with Crippen molar-refractivity contribution in [3.8, 4) is 11.8 Å². The van der Waals surface area contributed by atoms with E-state index in [1.807, 2.05) is 37.8 Å². The highest BCUT2D eigenvalue weighted by atomic mass is 16.6. The number of carbonyl (C=O) groups is 1. The molecule has 0 radical (unpaired) electrons. The van der Waals surface area contributed by atoms with Crippen molar-refractivity contribution < 1.29 is 19.0 Å². The van der Waals surface area contributed by atoms with E-state index in [1.54, 1.807) is 7.11 Å².